The monoisotopic (exact) mass is 241 g/mol. The lowest BCUT2D eigenvalue weighted by atomic mass is 9.81. The molecule has 1 rings (SSSR count). The van der Waals surface area contributed by atoms with Crippen LogP contribution >= 0.6 is 0 Å². The van der Waals surface area contributed by atoms with Gasteiger partial charge in [-0.05, 0) is 25.2 Å². The highest BCUT2D eigenvalue weighted by atomic mass is 16.4. The summed E-state index contributed by atoms with van der Waals surface area (Å²) in [4.78, 5) is 25.0. The van der Waals surface area contributed by atoms with Gasteiger partial charge in [0, 0.05) is 19.5 Å². The molecule has 0 aromatic carbocycles. The minimum atomic E-state index is -0.800. The van der Waals surface area contributed by atoms with E-state index in [2.05, 4.69) is 0 Å². The Morgan fingerprint density at radius 2 is 1.94 bits per heavy atom. The van der Waals surface area contributed by atoms with Gasteiger partial charge in [-0.25, -0.2) is 0 Å². The van der Waals surface area contributed by atoms with Crippen LogP contribution < -0.4 is 0 Å². The zero-order valence-electron chi connectivity index (χ0n) is 11.2. The molecule has 1 aliphatic rings. The maximum Gasteiger partial charge on any atom is 0.311 e. The largest absolute Gasteiger partial charge is 0.481 e. The fourth-order valence-corrected chi connectivity index (χ4v) is 2.19. The van der Waals surface area contributed by atoms with E-state index in [0.717, 1.165) is 6.42 Å². The Balaban J connectivity index is 2.67. The van der Waals surface area contributed by atoms with Gasteiger partial charge in [-0.3, -0.25) is 9.59 Å². The van der Waals surface area contributed by atoms with Crippen LogP contribution in [0.2, 0.25) is 0 Å². The molecule has 0 saturated carbocycles. The van der Waals surface area contributed by atoms with Crippen molar-refractivity contribution in [1.82, 2.24) is 4.90 Å². The Kier molecular flexibility index (Phi) is 3.84. The Morgan fingerprint density at radius 1 is 1.35 bits per heavy atom. The van der Waals surface area contributed by atoms with Crippen molar-refractivity contribution in [2.45, 2.75) is 47.0 Å². The molecule has 4 heteroatoms. The minimum absolute atomic E-state index is 0.0475. The molecule has 1 aliphatic heterocycles. The summed E-state index contributed by atoms with van der Waals surface area (Å²) in [6.45, 7) is 8.82. The molecule has 0 aromatic rings. The molecule has 1 fully saturated rings. The summed E-state index contributed by atoms with van der Waals surface area (Å²) in [5.41, 5.74) is -0.819. The van der Waals surface area contributed by atoms with Gasteiger partial charge in [-0.1, -0.05) is 20.8 Å². The zero-order valence-corrected chi connectivity index (χ0v) is 11.2. The van der Waals surface area contributed by atoms with Gasteiger partial charge in [0.05, 0.1) is 5.41 Å². The van der Waals surface area contributed by atoms with Crippen molar-refractivity contribution in [3.8, 4) is 0 Å². The lowest BCUT2D eigenvalue weighted by Crippen LogP contribution is -2.49. The second-order valence-corrected chi connectivity index (χ2v) is 6.52. The predicted molar refractivity (Wildman–Crippen MR) is 65.6 cm³/mol. The van der Waals surface area contributed by atoms with Crippen LogP contribution in [0.4, 0.5) is 0 Å². The van der Waals surface area contributed by atoms with Gasteiger partial charge in [0.2, 0.25) is 5.91 Å². The number of hydrogen-bond acceptors (Lipinski definition) is 2. The number of carbonyl (C=O) groups excluding carboxylic acids is 1. The molecule has 0 aromatic heterocycles. The number of carboxylic acid groups (broad SMARTS) is 1. The van der Waals surface area contributed by atoms with Crippen molar-refractivity contribution in [1.29, 1.82) is 0 Å². The molecule has 1 amide bonds. The molecule has 1 saturated heterocycles. The maximum absolute atomic E-state index is 12.1. The summed E-state index contributed by atoms with van der Waals surface area (Å²) in [5, 5.41) is 9.19. The smallest absolute Gasteiger partial charge is 0.311 e. The third-order valence-corrected chi connectivity index (χ3v) is 3.25. The number of amides is 1. The lowest BCUT2D eigenvalue weighted by Gasteiger charge is -2.38. The van der Waals surface area contributed by atoms with E-state index < -0.39 is 11.4 Å². The Morgan fingerprint density at radius 3 is 2.41 bits per heavy atom. The van der Waals surface area contributed by atoms with Crippen molar-refractivity contribution < 1.29 is 14.7 Å². The molecule has 1 heterocycles. The van der Waals surface area contributed by atoms with E-state index in [1.165, 1.54) is 0 Å². The third-order valence-electron chi connectivity index (χ3n) is 3.25. The molecule has 0 bridgehead atoms. The molecule has 0 spiro atoms. The number of rotatable bonds is 2. The normalized spacial score (nSPS) is 25.8. The van der Waals surface area contributed by atoms with Crippen LogP contribution in [0.5, 0.6) is 0 Å². The van der Waals surface area contributed by atoms with Crippen LogP contribution in [0, 0.1) is 10.8 Å². The van der Waals surface area contributed by atoms with E-state index >= 15 is 0 Å². The van der Waals surface area contributed by atoms with Gasteiger partial charge in [0.1, 0.15) is 0 Å². The Labute approximate surface area is 103 Å². The number of nitrogens with zero attached hydrogens (tertiary/aromatic N) is 1. The van der Waals surface area contributed by atoms with Crippen LogP contribution in [-0.2, 0) is 9.59 Å². The average molecular weight is 241 g/mol. The van der Waals surface area contributed by atoms with Gasteiger partial charge in [-0.15, -0.1) is 0 Å². The fraction of sp³-hybridized carbons (Fsp3) is 0.846. The Hall–Kier alpha value is -1.06. The van der Waals surface area contributed by atoms with Gasteiger partial charge in [-0.2, -0.15) is 0 Å². The number of carboxylic acids is 1. The number of likely N-dealkylation sites (tertiary alicyclic amines) is 1. The standard InChI is InChI=1S/C13H23NO3/c1-12(2,3)8-10(15)14-7-5-6-13(4,9-14)11(16)17/h5-9H2,1-4H3,(H,16,17). The van der Waals surface area contributed by atoms with E-state index in [-0.39, 0.29) is 11.3 Å². The van der Waals surface area contributed by atoms with Gasteiger partial charge in [0.15, 0.2) is 0 Å². The highest BCUT2D eigenvalue weighted by Gasteiger charge is 2.39. The van der Waals surface area contributed by atoms with Crippen molar-refractivity contribution in [2.24, 2.45) is 10.8 Å². The molecular formula is C13H23NO3. The molecule has 98 valence electrons. The summed E-state index contributed by atoms with van der Waals surface area (Å²) >= 11 is 0. The summed E-state index contributed by atoms with van der Waals surface area (Å²) in [6, 6.07) is 0. The first-order valence-electron chi connectivity index (χ1n) is 6.15. The van der Waals surface area contributed by atoms with E-state index in [0.29, 0.717) is 25.9 Å². The summed E-state index contributed by atoms with van der Waals surface area (Å²) in [6.07, 6.45) is 1.91. The first-order chi connectivity index (χ1) is 7.64. The van der Waals surface area contributed by atoms with Crippen molar-refractivity contribution >= 4 is 11.9 Å². The summed E-state index contributed by atoms with van der Waals surface area (Å²) in [7, 11) is 0. The second kappa shape index (κ2) is 4.67. The highest BCUT2D eigenvalue weighted by Crippen LogP contribution is 2.31. The minimum Gasteiger partial charge on any atom is -0.481 e. The van der Waals surface area contributed by atoms with E-state index in [1.807, 2.05) is 20.8 Å². The van der Waals surface area contributed by atoms with Crippen molar-refractivity contribution in [3.63, 3.8) is 0 Å². The average Bonchev–Trinajstić information content (AvgIpc) is 2.15. The van der Waals surface area contributed by atoms with Crippen LogP contribution in [-0.4, -0.2) is 35.0 Å². The van der Waals surface area contributed by atoms with Crippen molar-refractivity contribution in [2.75, 3.05) is 13.1 Å². The summed E-state index contributed by atoms with van der Waals surface area (Å²) in [5.74, 6) is -0.726. The molecule has 0 radical (unpaired) electrons. The van der Waals surface area contributed by atoms with Crippen LogP contribution in [0.1, 0.15) is 47.0 Å². The Bertz CT molecular complexity index is 319. The first-order valence-corrected chi connectivity index (χ1v) is 6.15. The van der Waals surface area contributed by atoms with E-state index in [4.69, 9.17) is 0 Å². The first kappa shape index (κ1) is 14.0. The summed E-state index contributed by atoms with van der Waals surface area (Å²) < 4.78 is 0. The topological polar surface area (TPSA) is 57.6 Å². The van der Waals surface area contributed by atoms with Gasteiger partial charge in [0.25, 0.3) is 0 Å². The molecule has 1 N–H and O–H groups in total. The van der Waals surface area contributed by atoms with Crippen LogP contribution in [0.25, 0.3) is 0 Å². The molecule has 1 atom stereocenters. The van der Waals surface area contributed by atoms with Gasteiger partial charge >= 0.3 is 5.97 Å². The SMILES string of the molecule is CC(C)(C)CC(=O)N1CCCC(C)(C(=O)O)C1. The number of carbonyl (C=O) groups is 2. The van der Waals surface area contributed by atoms with Gasteiger partial charge < -0.3 is 10.0 Å². The molecule has 17 heavy (non-hydrogen) atoms. The second-order valence-electron chi connectivity index (χ2n) is 6.52. The predicted octanol–water partition coefficient (Wildman–Crippen LogP) is 2.14. The van der Waals surface area contributed by atoms with Crippen LogP contribution in [0.3, 0.4) is 0 Å². The third kappa shape index (κ3) is 3.72. The number of aliphatic carboxylic acids is 1. The quantitative estimate of drug-likeness (QED) is 0.805. The number of piperidine rings is 1. The molecule has 0 aliphatic carbocycles. The molecule has 4 nitrogen and oxygen atoms in total. The number of hydrogen-bond donors (Lipinski definition) is 1. The van der Waals surface area contributed by atoms with E-state index in [9.17, 15) is 14.7 Å². The lowest BCUT2D eigenvalue weighted by molar-refractivity contribution is -0.153. The zero-order chi connectivity index (χ0) is 13.3. The highest BCUT2D eigenvalue weighted by molar-refractivity contribution is 5.79. The molecular weight excluding hydrogens is 218 g/mol. The molecule has 1 unspecified atom stereocenters. The van der Waals surface area contributed by atoms with Crippen molar-refractivity contribution in [3.05, 3.63) is 0 Å². The van der Waals surface area contributed by atoms with E-state index in [1.54, 1.807) is 11.8 Å². The maximum atomic E-state index is 12.1. The fourth-order valence-electron chi connectivity index (χ4n) is 2.19. The van der Waals surface area contributed by atoms with Crippen LogP contribution in [0.15, 0.2) is 0 Å².